The number of allylic oxidation sites excluding steroid dienone is 3. The zero-order valence-electron chi connectivity index (χ0n) is 26.3. The highest BCUT2D eigenvalue weighted by Gasteiger charge is 2.64. The Balaban J connectivity index is 1.79. The molecule has 1 aromatic carbocycles. The third-order valence-electron chi connectivity index (χ3n) is 8.68. The van der Waals surface area contributed by atoms with Gasteiger partial charge in [-0.25, -0.2) is 4.79 Å². The minimum absolute atomic E-state index is 0.00742. The number of anilines is 1. The molecule has 1 aromatic rings. The molecule has 3 heterocycles. The van der Waals surface area contributed by atoms with Gasteiger partial charge in [-0.1, -0.05) is 49.2 Å². The summed E-state index contributed by atoms with van der Waals surface area (Å²) < 4.78 is 28.8. The molecular formula is C32H43ClN2O9. The molecule has 3 aliphatic rings. The zero-order valence-corrected chi connectivity index (χ0v) is 27.1. The summed E-state index contributed by atoms with van der Waals surface area (Å²) in [6, 6.07) is 3.64. The van der Waals surface area contributed by atoms with Crippen molar-refractivity contribution in [2.75, 3.05) is 26.2 Å². The van der Waals surface area contributed by atoms with Crippen molar-refractivity contribution in [3.63, 3.8) is 0 Å². The summed E-state index contributed by atoms with van der Waals surface area (Å²) in [6.07, 6.45) is 2.47. The molecule has 2 fully saturated rings. The Morgan fingerprint density at radius 1 is 1.27 bits per heavy atom. The van der Waals surface area contributed by atoms with Gasteiger partial charge in [-0.15, -0.1) is 0 Å². The third-order valence-corrected chi connectivity index (χ3v) is 9.06. The van der Waals surface area contributed by atoms with Crippen LogP contribution in [0.2, 0.25) is 5.02 Å². The SMILES string of the molecule is CCCC(=O)O[C@H]1CC(=O)N(C)c2cc(cc(OC)c2Cl)C/C(C)=C/C=C/[C@@H](OC)[C@@]2(O)C[C@H](OC(=O)N2)[C@@H](C)[C@H]2O[C@@]12C. The largest absolute Gasteiger partial charge is 0.495 e. The fourth-order valence-electron chi connectivity index (χ4n) is 6.03. The lowest BCUT2D eigenvalue weighted by Crippen LogP contribution is -2.63. The van der Waals surface area contributed by atoms with Gasteiger partial charge in [0.05, 0.1) is 25.3 Å². The minimum Gasteiger partial charge on any atom is -0.495 e. The number of ether oxygens (including phenoxy) is 5. The molecule has 0 aromatic heterocycles. The lowest BCUT2D eigenvalue weighted by Gasteiger charge is -2.42. The van der Waals surface area contributed by atoms with Gasteiger partial charge in [-0.3, -0.25) is 14.9 Å². The van der Waals surface area contributed by atoms with Gasteiger partial charge in [-0.05, 0) is 44.4 Å². The van der Waals surface area contributed by atoms with Crippen molar-refractivity contribution in [2.24, 2.45) is 5.92 Å². The van der Waals surface area contributed by atoms with Crippen LogP contribution >= 0.6 is 11.6 Å². The normalized spacial score (nSPS) is 34.5. The van der Waals surface area contributed by atoms with Crippen molar-refractivity contribution in [1.82, 2.24) is 5.32 Å². The van der Waals surface area contributed by atoms with Crippen LogP contribution in [-0.2, 0) is 35.0 Å². The number of benzene rings is 1. The van der Waals surface area contributed by atoms with Crippen molar-refractivity contribution in [3.8, 4) is 5.75 Å². The maximum Gasteiger partial charge on any atom is 0.409 e. The number of halogens is 1. The van der Waals surface area contributed by atoms with Crippen molar-refractivity contribution < 1.29 is 43.2 Å². The van der Waals surface area contributed by atoms with E-state index in [2.05, 4.69) is 5.32 Å². The molecule has 242 valence electrons. The molecule has 2 saturated heterocycles. The quantitative estimate of drug-likeness (QED) is 0.355. The van der Waals surface area contributed by atoms with Crippen molar-refractivity contribution in [1.29, 1.82) is 0 Å². The Morgan fingerprint density at radius 3 is 2.66 bits per heavy atom. The third kappa shape index (κ3) is 7.06. The number of amides is 2. The Labute approximate surface area is 263 Å². The fourth-order valence-corrected chi connectivity index (χ4v) is 6.34. The predicted molar refractivity (Wildman–Crippen MR) is 164 cm³/mol. The topological polar surface area (TPSA) is 136 Å². The summed E-state index contributed by atoms with van der Waals surface area (Å²) in [5.74, 6) is -0.813. The van der Waals surface area contributed by atoms with Crippen LogP contribution in [0.15, 0.2) is 35.9 Å². The number of epoxide rings is 1. The van der Waals surface area contributed by atoms with Crippen LogP contribution in [0, 0.1) is 5.92 Å². The van der Waals surface area contributed by atoms with Crippen molar-refractivity contribution in [3.05, 3.63) is 46.5 Å². The molecule has 12 heteroatoms. The van der Waals surface area contributed by atoms with Crippen LogP contribution in [0.5, 0.6) is 5.75 Å². The molecule has 11 nitrogen and oxygen atoms in total. The van der Waals surface area contributed by atoms with E-state index in [-0.39, 0.29) is 30.2 Å². The molecule has 2 amide bonds. The van der Waals surface area contributed by atoms with Crippen LogP contribution < -0.4 is 15.0 Å². The number of nitrogens with zero attached hydrogens (tertiary/aromatic N) is 1. The Morgan fingerprint density at radius 2 is 2.00 bits per heavy atom. The van der Waals surface area contributed by atoms with E-state index in [1.807, 2.05) is 39.0 Å². The molecule has 0 unspecified atom stereocenters. The number of rotatable bonds is 5. The lowest BCUT2D eigenvalue weighted by atomic mass is 9.83. The van der Waals surface area contributed by atoms with E-state index in [1.165, 1.54) is 19.1 Å². The van der Waals surface area contributed by atoms with Gasteiger partial charge in [0.15, 0.2) is 5.72 Å². The highest BCUT2D eigenvalue weighted by atomic mass is 35.5. The molecule has 2 N–H and O–H groups in total. The Bertz CT molecular complexity index is 1330. The van der Waals surface area contributed by atoms with Gasteiger partial charge < -0.3 is 33.7 Å². The van der Waals surface area contributed by atoms with E-state index in [0.717, 1.165) is 11.1 Å². The second-order valence-corrected chi connectivity index (χ2v) is 12.4. The Kier molecular flexibility index (Phi) is 10.3. The lowest BCUT2D eigenvalue weighted by molar-refractivity contribution is -0.153. The molecule has 7 atom stereocenters. The van der Waals surface area contributed by atoms with Crippen LogP contribution in [0.4, 0.5) is 10.5 Å². The molecule has 0 radical (unpaired) electrons. The molecule has 4 bridgehead atoms. The number of carbonyl (C=O) groups is 3. The number of carbonyl (C=O) groups excluding carboxylic acids is 3. The van der Waals surface area contributed by atoms with E-state index in [0.29, 0.717) is 24.3 Å². The smallest absolute Gasteiger partial charge is 0.409 e. The monoisotopic (exact) mass is 634 g/mol. The second-order valence-electron chi connectivity index (χ2n) is 12.0. The molecule has 0 saturated carbocycles. The Hall–Kier alpha value is -3.12. The van der Waals surface area contributed by atoms with E-state index in [1.54, 1.807) is 26.1 Å². The number of fused-ring (bicyclic) bond motifs is 5. The van der Waals surface area contributed by atoms with Gasteiger partial charge in [0, 0.05) is 32.9 Å². The molecule has 44 heavy (non-hydrogen) atoms. The fraction of sp³-hybridized carbons (Fsp3) is 0.594. The number of aliphatic hydroxyl groups is 1. The van der Waals surface area contributed by atoms with Crippen molar-refractivity contribution >= 4 is 35.3 Å². The van der Waals surface area contributed by atoms with E-state index in [4.69, 9.17) is 35.3 Å². The van der Waals surface area contributed by atoms with Crippen LogP contribution in [-0.4, -0.2) is 80.1 Å². The first kappa shape index (κ1) is 33.8. The average Bonchev–Trinajstić information content (AvgIpc) is 3.66. The maximum absolute atomic E-state index is 13.8. The highest BCUT2D eigenvalue weighted by molar-refractivity contribution is 6.35. The zero-order chi connectivity index (χ0) is 32.4. The van der Waals surface area contributed by atoms with Crippen LogP contribution in [0.1, 0.15) is 58.9 Å². The minimum atomic E-state index is -1.76. The first-order valence-electron chi connectivity index (χ1n) is 14.8. The van der Waals surface area contributed by atoms with Crippen molar-refractivity contribution in [2.45, 2.75) is 95.5 Å². The van der Waals surface area contributed by atoms with Gasteiger partial charge >= 0.3 is 12.1 Å². The van der Waals surface area contributed by atoms with Gasteiger partial charge in [0.2, 0.25) is 5.91 Å². The standard InChI is InChI=1S/C32H43ClN2O9/c1-8-10-27(37)43-25-16-26(36)35(5)21-14-20(15-22(40-6)28(21)33)13-18(2)11-9-12-24(41-7)32(39)17-23(42-30(38)34-32)19(3)29-31(25,4)44-29/h9,11-12,14-15,19,23-25,29,39H,8,10,13,16-17H2,1-7H3,(H,34,38)/b12-9+,18-11+/t19-,23+,24-,25+,29-,31+,32+/m1/s1. The number of hydrogen-bond acceptors (Lipinski definition) is 9. The predicted octanol–water partition coefficient (Wildman–Crippen LogP) is 4.47. The molecule has 3 aliphatic heterocycles. The number of nitrogens with one attached hydrogen (secondary N) is 1. The first-order chi connectivity index (χ1) is 20.8. The second kappa shape index (κ2) is 13.5. The summed E-state index contributed by atoms with van der Waals surface area (Å²) in [6.45, 7) is 7.41. The van der Waals surface area contributed by atoms with Gasteiger partial charge in [-0.2, -0.15) is 0 Å². The number of esters is 1. The number of methoxy groups -OCH3 is 2. The summed E-state index contributed by atoms with van der Waals surface area (Å²) in [7, 11) is 4.57. The molecule has 0 spiro atoms. The summed E-state index contributed by atoms with van der Waals surface area (Å²) in [4.78, 5) is 40.6. The van der Waals surface area contributed by atoms with E-state index in [9.17, 15) is 19.5 Å². The molecule has 0 aliphatic carbocycles. The summed E-state index contributed by atoms with van der Waals surface area (Å²) in [5, 5.41) is 14.4. The molecule has 4 rings (SSSR count). The summed E-state index contributed by atoms with van der Waals surface area (Å²) in [5.41, 5.74) is -0.561. The number of hydrogen-bond donors (Lipinski definition) is 2. The first-order valence-corrected chi connectivity index (χ1v) is 15.2. The highest BCUT2D eigenvalue weighted by Crippen LogP contribution is 2.49. The maximum atomic E-state index is 13.8. The van der Waals surface area contributed by atoms with Crippen LogP contribution in [0.25, 0.3) is 0 Å². The van der Waals surface area contributed by atoms with E-state index >= 15 is 0 Å². The van der Waals surface area contributed by atoms with E-state index < -0.39 is 53.7 Å². The van der Waals surface area contributed by atoms with Gasteiger partial charge in [0.1, 0.15) is 34.7 Å². The average molecular weight is 635 g/mol. The van der Waals surface area contributed by atoms with Gasteiger partial charge in [0.25, 0.3) is 0 Å². The number of alkyl carbamates (subject to hydrolysis) is 1. The summed E-state index contributed by atoms with van der Waals surface area (Å²) >= 11 is 6.68. The molecular weight excluding hydrogens is 592 g/mol. The van der Waals surface area contributed by atoms with Crippen LogP contribution in [0.3, 0.4) is 0 Å².